The fraction of sp³-hybridized carbons (Fsp3) is 0.409. The first kappa shape index (κ1) is 22.2. The number of nitrogens with one attached hydrogen (secondary N) is 1. The second-order valence-electron chi connectivity index (χ2n) is 7.50. The standard InChI is InChI=1S/C22H25ClN4O2S2/c1-29-19-10-9-15(23)12-18(19)24-21(28)14-31-22-26-25-20(13-17-8-5-11-30-17)27(22)16-6-3-2-4-7-16/h5,8-12,16H,2-4,6-7,13-14H2,1H3,(H,24,28). The molecule has 1 aromatic carbocycles. The van der Waals surface area contributed by atoms with Crippen LogP contribution in [0.4, 0.5) is 5.69 Å². The summed E-state index contributed by atoms with van der Waals surface area (Å²) in [4.78, 5) is 13.9. The summed E-state index contributed by atoms with van der Waals surface area (Å²) >= 11 is 9.22. The van der Waals surface area contributed by atoms with Crippen molar-refractivity contribution in [3.05, 3.63) is 51.4 Å². The van der Waals surface area contributed by atoms with E-state index in [-0.39, 0.29) is 11.7 Å². The number of thiophene rings is 1. The maximum Gasteiger partial charge on any atom is 0.234 e. The second kappa shape index (κ2) is 10.5. The highest BCUT2D eigenvalue weighted by Crippen LogP contribution is 2.34. The molecule has 1 N–H and O–H groups in total. The van der Waals surface area contributed by atoms with E-state index in [1.54, 1.807) is 36.6 Å². The lowest BCUT2D eigenvalue weighted by atomic mass is 9.95. The molecule has 0 unspecified atom stereocenters. The van der Waals surface area contributed by atoms with Crippen LogP contribution in [0.15, 0.2) is 40.9 Å². The quantitative estimate of drug-likeness (QED) is 0.414. The smallest absolute Gasteiger partial charge is 0.234 e. The Bertz CT molecular complexity index is 1020. The molecule has 0 atom stereocenters. The van der Waals surface area contributed by atoms with E-state index in [4.69, 9.17) is 16.3 Å². The third-order valence-corrected chi connectivity index (χ3v) is 7.41. The summed E-state index contributed by atoms with van der Waals surface area (Å²) in [5, 5.41) is 15.3. The van der Waals surface area contributed by atoms with E-state index in [9.17, 15) is 4.79 Å². The number of anilines is 1. The number of nitrogens with zero attached hydrogens (tertiary/aromatic N) is 3. The number of amides is 1. The Kier molecular flexibility index (Phi) is 7.53. The van der Waals surface area contributed by atoms with Crippen molar-refractivity contribution in [2.75, 3.05) is 18.2 Å². The molecule has 4 rings (SSSR count). The molecule has 2 aromatic heterocycles. The van der Waals surface area contributed by atoms with Crippen molar-refractivity contribution in [1.29, 1.82) is 0 Å². The van der Waals surface area contributed by atoms with Gasteiger partial charge in [-0.25, -0.2) is 0 Å². The van der Waals surface area contributed by atoms with Gasteiger partial charge in [-0.05, 0) is 42.5 Å². The van der Waals surface area contributed by atoms with Crippen LogP contribution in [0, 0.1) is 0 Å². The van der Waals surface area contributed by atoms with Gasteiger partial charge >= 0.3 is 0 Å². The fourth-order valence-electron chi connectivity index (χ4n) is 3.90. The van der Waals surface area contributed by atoms with E-state index in [1.165, 1.54) is 35.9 Å². The number of aromatic nitrogens is 3. The number of rotatable bonds is 8. The molecule has 3 aromatic rings. The van der Waals surface area contributed by atoms with Crippen LogP contribution in [0.3, 0.4) is 0 Å². The highest BCUT2D eigenvalue weighted by molar-refractivity contribution is 7.99. The first-order chi connectivity index (χ1) is 15.1. The zero-order valence-electron chi connectivity index (χ0n) is 17.3. The van der Waals surface area contributed by atoms with Crippen molar-refractivity contribution in [3.63, 3.8) is 0 Å². The van der Waals surface area contributed by atoms with Gasteiger partial charge in [-0.15, -0.1) is 21.5 Å². The monoisotopic (exact) mass is 476 g/mol. The minimum Gasteiger partial charge on any atom is -0.495 e. The summed E-state index contributed by atoms with van der Waals surface area (Å²) in [5.41, 5.74) is 0.563. The second-order valence-corrected chi connectivity index (χ2v) is 9.91. The van der Waals surface area contributed by atoms with Gasteiger partial charge in [-0.1, -0.05) is 48.7 Å². The lowest BCUT2D eigenvalue weighted by Gasteiger charge is -2.25. The van der Waals surface area contributed by atoms with Crippen molar-refractivity contribution in [2.45, 2.75) is 49.7 Å². The average molecular weight is 477 g/mol. The Morgan fingerprint density at radius 3 is 2.87 bits per heavy atom. The van der Waals surface area contributed by atoms with Gasteiger partial charge in [0.2, 0.25) is 5.91 Å². The maximum absolute atomic E-state index is 12.6. The third-order valence-electron chi connectivity index (χ3n) is 5.36. The number of methoxy groups -OCH3 is 1. The Balaban J connectivity index is 1.48. The molecule has 1 saturated carbocycles. The van der Waals surface area contributed by atoms with Crippen molar-refractivity contribution < 1.29 is 9.53 Å². The summed E-state index contributed by atoms with van der Waals surface area (Å²) in [7, 11) is 1.56. The topological polar surface area (TPSA) is 69.0 Å². The molecule has 164 valence electrons. The third kappa shape index (κ3) is 5.61. The highest BCUT2D eigenvalue weighted by atomic mass is 35.5. The molecular weight excluding hydrogens is 452 g/mol. The van der Waals surface area contributed by atoms with Gasteiger partial charge in [0.05, 0.1) is 18.6 Å². The molecule has 1 aliphatic rings. The predicted octanol–water partition coefficient (Wildman–Crippen LogP) is 5.83. The first-order valence-corrected chi connectivity index (χ1v) is 12.6. The summed E-state index contributed by atoms with van der Waals surface area (Å²) in [6.07, 6.45) is 6.77. The van der Waals surface area contributed by atoms with Gasteiger partial charge in [-0.2, -0.15) is 0 Å². The Hall–Kier alpha value is -2.03. The molecule has 1 fully saturated rings. The largest absolute Gasteiger partial charge is 0.495 e. The number of halogens is 1. The molecule has 6 nitrogen and oxygen atoms in total. The van der Waals surface area contributed by atoms with Crippen LogP contribution in [-0.2, 0) is 11.2 Å². The van der Waals surface area contributed by atoms with Crippen LogP contribution >= 0.6 is 34.7 Å². The van der Waals surface area contributed by atoms with Crippen LogP contribution in [0.1, 0.15) is 48.8 Å². The zero-order chi connectivity index (χ0) is 21.6. The Labute approximate surface area is 195 Å². The van der Waals surface area contributed by atoms with E-state index in [1.807, 2.05) is 0 Å². The van der Waals surface area contributed by atoms with Gasteiger partial charge in [-0.3, -0.25) is 4.79 Å². The van der Waals surface area contributed by atoms with Gasteiger partial charge in [0.15, 0.2) is 5.16 Å². The first-order valence-electron chi connectivity index (χ1n) is 10.4. The molecule has 0 bridgehead atoms. The summed E-state index contributed by atoms with van der Waals surface area (Å²) < 4.78 is 7.58. The van der Waals surface area contributed by atoms with Gasteiger partial charge < -0.3 is 14.6 Å². The van der Waals surface area contributed by atoms with Gasteiger partial charge in [0.25, 0.3) is 0 Å². The number of benzene rings is 1. The predicted molar refractivity (Wildman–Crippen MR) is 127 cm³/mol. The molecule has 0 saturated heterocycles. The van der Waals surface area contributed by atoms with Gasteiger partial charge in [0, 0.05) is 22.4 Å². The van der Waals surface area contributed by atoms with E-state index < -0.39 is 0 Å². The highest BCUT2D eigenvalue weighted by Gasteiger charge is 2.24. The van der Waals surface area contributed by atoms with Crippen LogP contribution < -0.4 is 10.1 Å². The van der Waals surface area contributed by atoms with Crippen LogP contribution in [-0.4, -0.2) is 33.5 Å². The fourth-order valence-corrected chi connectivity index (χ4v) is 5.59. The van der Waals surface area contributed by atoms with Crippen LogP contribution in [0.5, 0.6) is 5.75 Å². The molecular formula is C22H25ClN4O2S2. The molecule has 1 aliphatic carbocycles. The van der Waals surface area contributed by atoms with Crippen molar-refractivity contribution >= 4 is 46.3 Å². The molecule has 9 heteroatoms. The van der Waals surface area contributed by atoms with E-state index in [2.05, 4.69) is 37.6 Å². The average Bonchev–Trinajstić information content (AvgIpc) is 3.43. The molecule has 0 radical (unpaired) electrons. The SMILES string of the molecule is COc1ccc(Cl)cc1NC(=O)CSc1nnc(Cc2cccs2)n1C1CCCCC1. The number of ether oxygens (including phenoxy) is 1. The number of hydrogen-bond acceptors (Lipinski definition) is 6. The number of hydrogen-bond donors (Lipinski definition) is 1. The number of thioether (sulfide) groups is 1. The van der Waals surface area contributed by atoms with Crippen LogP contribution in [0.2, 0.25) is 5.02 Å². The van der Waals surface area contributed by atoms with Crippen molar-refractivity contribution in [2.24, 2.45) is 0 Å². The lowest BCUT2D eigenvalue weighted by molar-refractivity contribution is -0.113. The lowest BCUT2D eigenvalue weighted by Crippen LogP contribution is -2.18. The number of carbonyl (C=O) groups excluding carboxylic acids is 1. The van der Waals surface area contributed by atoms with E-state index >= 15 is 0 Å². The van der Waals surface area contributed by atoms with Crippen LogP contribution in [0.25, 0.3) is 0 Å². The Morgan fingerprint density at radius 2 is 2.13 bits per heavy atom. The minimum absolute atomic E-state index is 0.136. The summed E-state index contributed by atoms with van der Waals surface area (Å²) in [6, 6.07) is 9.74. The van der Waals surface area contributed by atoms with Gasteiger partial charge in [0.1, 0.15) is 11.6 Å². The molecule has 1 amide bonds. The van der Waals surface area contributed by atoms with Crippen molar-refractivity contribution in [1.82, 2.24) is 14.8 Å². The molecule has 0 aliphatic heterocycles. The van der Waals surface area contributed by atoms with Crippen molar-refractivity contribution in [3.8, 4) is 5.75 Å². The minimum atomic E-state index is -0.136. The van der Waals surface area contributed by atoms with E-state index in [0.29, 0.717) is 22.5 Å². The summed E-state index contributed by atoms with van der Waals surface area (Å²) in [5.74, 6) is 1.66. The maximum atomic E-state index is 12.6. The molecule has 0 spiro atoms. The molecule has 31 heavy (non-hydrogen) atoms. The zero-order valence-corrected chi connectivity index (χ0v) is 19.7. The normalized spacial score (nSPS) is 14.5. The van der Waals surface area contributed by atoms with E-state index in [0.717, 1.165) is 30.2 Å². The summed E-state index contributed by atoms with van der Waals surface area (Å²) in [6.45, 7) is 0. The molecule has 2 heterocycles. The Morgan fingerprint density at radius 1 is 1.29 bits per heavy atom. The number of carbonyl (C=O) groups is 1.